The van der Waals surface area contributed by atoms with E-state index in [4.69, 9.17) is 0 Å². The van der Waals surface area contributed by atoms with Gasteiger partial charge in [-0.25, -0.2) is 4.98 Å². The third-order valence-corrected chi connectivity index (χ3v) is 4.77. The first-order valence-corrected chi connectivity index (χ1v) is 7.43. The van der Waals surface area contributed by atoms with Gasteiger partial charge in [-0.1, -0.05) is 26.7 Å². The summed E-state index contributed by atoms with van der Waals surface area (Å²) in [6.45, 7) is 8.09. The van der Waals surface area contributed by atoms with Crippen molar-refractivity contribution in [2.45, 2.75) is 59.8 Å². The molecule has 0 radical (unpaired) electrons. The molecule has 4 heteroatoms. The average molecular weight is 269 g/mol. The number of carboxylic acid groups (broad SMARTS) is 1. The number of carbonyl (C=O) groups is 1. The van der Waals surface area contributed by atoms with Crippen LogP contribution in [0.15, 0.2) is 0 Å². The van der Waals surface area contributed by atoms with Crippen molar-refractivity contribution in [2.24, 2.45) is 5.41 Å². The standard InChI is InChI=1S/C14H23NO2S/c1-5-7-8-14(6-2,13(16)17)9-12-15-10(3)11(4)18-12/h5-9H2,1-4H3,(H,16,17). The van der Waals surface area contributed by atoms with Crippen molar-refractivity contribution >= 4 is 17.3 Å². The molecular weight excluding hydrogens is 246 g/mol. The van der Waals surface area contributed by atoms with Gasteiger partial charge in [0.05, 0.1) is 16.1 Å². The Morgan fingerprint density at radius 1 is 1.39 bits per heavy atom. The number of unbranched alkanes of at least 4 members (excludes halogenated alkanes) is 1. The van der Waals surface area contributed by atoms with Gasteiger partial charge < -0.3 is 5.11 Å². The van der Waals surface area contributed by atoms with Gasteiger partial charge in [-0.2, -0.15) is 0 Å². The summed E-state index contributed by atoms with van der Waals surface area (Å²) in [4.78, 5) is 17.3. The minimum Gasteiger partial charge on any atom is -0.481 e. The summed E-state index contributed by atoms with van der Waals surface area (Å²) in [6, 6.07) is 0. The van der Waals surface area contributed by atoms with E-state index in [1.165, 1.54) is 4.88 Å². The second kappa shape index (κ2) is 6.32. The summed E-state index contributed by atoms with van der Waals surface area (Å²) >= 11 is 1.63. The van der Waals surface area contributed by atoms with E-state index in [9.17, 15) is 9.90 Å². The van der Waals surface area contributed by atoms with Crippen LogP contribution in [-0.2, 0) is 11.2 Å². The fourth-order valence-electron chi connectivity index (χ4n) is 2.14. The Labute approximate surface area is 113 Å². The molecule has 1 aromatic heterocycles. The maximum absolute atomic E-state index is 11.6. The van der Waals surface area contributed by atoms with Gasteiger partial charge in [0.25, 0.3) is 0 Å². The zero-order valence-electron chi connectivity index (χ0n) is 11.7. The van der Waals surface area contributed by atoms with Crippen LogP contribution >= 0.6 is 11.3 Å². The van der Waals surface area contributed by atoms with Gasteiger partial charge in [0.2, 0.25) is 0 Å². The summed E-state index contributed by atoms with van der Waals surface area (Å²) in [5.41, 5.74) is 0.396. The third kappa shape index (κ3) is 3.31. The van der Waals surface area contributed by atoms with E-state index in [2.05, 4.69) is 11.9 Å². The molecule has 0 saturated heterocycles. The van der Waals surface area contributed by atoms with Gasteiger partial charge in [0.15, 0.2) is 0 Å². The van der Waals surface area contributed by atoms with E-state index in [0.29, 0.717) is 12.8 Å². The minimum atomic E-state index is -0.677. The lowest BCUT2D eigenvalue weighted by molar-refractivity contribution is -0.149. The van der Waals surface area contributed by atoms with Crippen LogP contribution in [0, 0.1) is 19.3 Å². The molecule has 0 aliphatic carbocycles. The normalized spacial score (nSPS) is 14.4. The summed E-state index contributed by atoms with van der Waals surface area (Å²) in [5, 5.41) is 10.5. The first kappa shape index (κ1) is 15.2. The van der Waals surface area contributed by atoms with Crippen LogP contribution in [0.3, 0.4) is 0 Å². The molecule has 1 unspecified atom stereocenters. The van der Waals surface area contributed by atoms with Crippen LogP contribution in [0.4, 0.5) is 0 Å². The number of thiazole rings is 1. The lowest BCUT2D eigenvalue weighted by atomic mass is 9.77. The Bertz CT molecular complexity index is 394. The number of carboxylic acids is 1. The number of hydrogen-bond donors (Lipinski definition) is 1. The van der Waals surface area contributed by atoms with E-state index in [-0.39, 0.29) is 0 Å². The van der Waals surface area contributed by atoms with Crippen molar-refractivity contribution in [3.63, 3.8) is 0 Å². The summed E-state index contributed by atoms with van der Waals surface area (Å²) in [6.07, 6.45) is 3.97. The maximum Gasteiger partial charge on any atom is 0.310 e. The van der Waals surface area contributed by atoms with Crippen molar-refractivity contribution in [3.05, 3.63) is 15.6 Å². The lowest BCUT2D eigenvalue weighted by Crippen LogP contribution is -2.32. The zero-order chi connectivity index (χ0) is 13.8. The highest BCUT2D eigenvalue weighted by molar-refractivity contribution is 7.11. The van der Waals surface area contributed by atoms with Crippen LogP contribution in [0.5, 0.6) is 0 Å². The first-order valence-electron chi connectivity index (χ1n) is 6.61. The predicted octanol–water partition coefficient (Wildman–Crippen LogP) is 3.97. The largest absolute Gasteiger partial charge is 0.481 e. The second-order valence-corrected chi connectivity index (χ2v) is 6.26. The summed E-state index contributed by atoms with van der Waals surface area (Å²) in [5.74, 6) is -0.677. The molecule has 0 bridgehead atoms. The number of aryl methyl sites for hydroxylation is 2. The third-order valence-electron chi connectivity index (χ3n) is 3.70. The molecule has 0 saturated carbocycles. The van der Waals surface area contributed by atoms with Crippen molar-refractivity contribution in [1.29, 1.82) is 0 Å². The molecule has 1 N–H and O–H groups in total. The topological polar surface area (TPSA) is 50.2 Å². The van der Waals surface area contributed by atoms with E-state index in [1.807, 2.05) is 20.8 Å². The molecule has 0 amide bonds. The average Bonchev–Trinajstić information content (AvgIpc) is 2.63. The molecule has 1 aromatic rings. The molecule has 18 heavy (non-hydrogen) atoms. The molecule has 3 nitrogen and oxygen atoms in total. The van der Waals surface area contributed by atoms with Gasteiger partial charge in [-0.3, -0.25) is 4.79 Å². The van der Waals surface area contributed by atoms with E-state index in [1.54, 1.807) is 11.3 Å². The molecule has 1 heterocycles. The molecular formula is C14H23NO2S. The Morgan fingerprint density at radius 2 is 2.06 bits per heavy atom. The molecule has 0 aliphatic heterocycles. The zero-order valence-corrected chi connectivity index (χ0v) is 12.6. The molecule has 0 aromatic carbocycles. The van der Waals surface area contributed by atoms with E-state index < -0.39 is 11.4 Å². The number of nitrogens with zero attached hydrogens (tertiary/aromatic N) is 1. The quantitative estimate of drug-likeness (QED) is 0.814. The fraction of sp³-hybridized carbons (Fsp3) is 0.714. The number of aromatic nitrogens is 1. The lowest BCUT2D eigenvalue weighted by Gasteiger charge is -2.27. The predicted molar refractivity (Wildman–Crippen MR) is 75.2 cm³/mol. The Hall–Kier alpha value is -0.900. The fourth-order valence-corrected chi connectivity index (χ4v) is 3.22. The smallest absolute Gasteiger partial charge is 0.310 e. The van der Waals surface area contributed by atoms with Gasteiger partial charge >= 0.3 is 5.97 Å². The number of rotatable bonds is 7. The van der Waals surface area contributed by atoms with Gasteiger partial charge in [-0.15, -0.1) is 11.3 Å². The van der Waals surface area contributed by atoms with Crippen molar-refractivity contribution < 1.29 is 9.90 Å². The van der Waals surface area contributed by atoms with Gasteiger partial charge in [0.1, 0.15) is 0 Å². The van der Waals surface area contributed by atoms with Crippen LogP contribution in [-0.4, -0.2) is 16.1 Å². The first-order chi connectivity index (χ1) is 8.45. The SMILES string of the molecule is CCCCC(CC)(Cc1nc(C)c(C)s1)C(=O)O. The molecule has 1 rings (SSSR count). The summed E-state index contributed by atoms with van der Waals surface area (Å²) in [7, 11) is 0. The van der Waals surface area contributed by atoms with E-state index in [0.717, 1.165) is 30.0 Å². The van der Waals surface area contributed by atoms with Crippen molar-refractivity contribution in [2.75, 3.05) is 0 Å². The van der Waals surface area contributed by atoms with Crippen molar-refractivity contribution in [1.82, 2.24) is 4.98 Å². The molecule has 0 spiro atoms. The monoisotopic (exact) mass is 269 g/mol. The maximum atomic E-state index is 11.6. The van der Waals surface area contributed by atoms with Gasteiger partial charge in [-0.05, 0) is 26.7 Å². The highest BCUT2D eigenvalue weighted by atomic mass is 32.1. The second-order valence-electron chi connectivity index (χ2n) is 4.97. The highest BCUT2D eigenvalue weighted by Gasteiger charge is 2.37. The Balaban J connectivity index is 2.93. The molecule has 0 aliphatic rings. The van der Waals surface area contributed by atoms with Crippen LogP contribution in [0.2, 0.25) is 0 Å². The van der Waals surface area contributed by atoms with Gasteiger partial charge in [0, 0.05) is 11.3 Å². The Kier molecular flexibility index (Phi) is 5.32. The van der Waals surface area contributed by atoms with Crippen LogP contribution in [0.1, 0.15) is 55.1 Å². The molecule has 0 fully saturated rings. The molecule has 102 valence electrons. The van der Waals surface area contributed by atoms with Crippen LogP contribution in [0.25, 0.3) is 0 Å². The van der Waals surface area contributed by atoms with Crippen molar-refractivity contribution in [3.8, 4) is 0 Å². The Morgan fingerprint density at radius 3 is 2.44 bits per heavy atom. The minimum absolute atomic E-state index is 0.568. The van der Waals surface area contributed by atoms with E-state index >= 15 is 0 Å². The number of hydrogen-bond acceptors (Lipinski definition) is 3. The van der Waals surface area contributed by atoms with Crippen LogP contribution < -0.4 is 0 Å². The highest BCUT2D eigenvalue weighted by Crippen LogP contribution is 2.35. The molecule has 1 atom stereocenters. The summed E-state index contributed by atoms with van der Waals surface area (Å²) < 4.78 is 0. The number of aliphatic carboxylic acids is 1.